The summed E-state index contributed by atoms with van der Waals surface area (Å²) in [4.78, 5) is 20.9. The van der Waals surface area contributed by atoms with Crippen LogP contribution in [0.15, 0.2) is 10.8 Å². The molecule has 0 spiro atoms. The molecule has 2 atom stereocenters. The Morgan fingerprint density at radius 3 is 2.76 bits per heavy atom. The van der Waals surface area contributed by atoms with Crippen molar-refractivity contribution in [1.82, 2.24) is 20.1 Å². The predicted molar refractivity (Wildman–Crippen MR) is 76.2 cm³/mol. The Balaban J connectivity index is 1.62. The Morgan fingerprint density at radius 2 is 2.10 bits per heavy atom. The van der Waals surface area contributed by atoms with E-state index in [4.69, 9.17) is 9.15 Å². The van der Waals surface area contributed by atoms with Crippen molar-refractivity contribution in [2.24, 2.45) is 0 Å². The van der Waals surface area contributed by atoms with Gasteiger partial charge in [0.1, 0.15) is 5.76 Å². The van der Waals surface area contributed by atoms with Gasteiger partial charge in [0.2, 0.25) is 0 Å². The fraction of sp³-hybridized carbons (Fsp3) is 0.714. The molecule has 2 aliphatic heterocycles. The molecule has 0 unspecified atom stereocenters. The summed E-state index contributed by atoms with van der Waals surface area (Å²) >= 11 is 0. The monoisotopic (exact) mass is 294 g/mol. The Kier molecular flexibility index (Phi) is 4.23. The highest BCUT2D eigenvalue weighted by Crippen LogP contribution is 2.16. The van der Waals surface area contributed by atoms with Crippen LogP contribution < -0.4 is 5.32 Å². The molecule has 2 saturated heterocycles. The fourth-order valence-corrected chi connectivity index (χ4v) is 2.95. The van der Waals surface area contributed by atoms with Gasteiger partial charge in [0.25, 0.3) is 5.91 Å². The largest absolute Gasteiger partial charge is 0.448 e. The third-order valence-corrected chi connectivity index (χ3v) is 4.33. The average Bonchev–Trinajstić information content (AvgIpc) is 3.09. The van der Waals surface area contributed by atoms with Crippen LogP contribution in [-0.4, -0.2) is 79.2 Å². The van der Waals surface area contributed by atoms with Crippen molar-refractivity contribution in [2.75, 3.05) is 46.4 Å². The van der Waals surface area contributed by atoms with Crippen LogP contribution in [0.4, 0.5) is 0 Å². The number of carbonyl (C=O) groups excluding carboxylic acids is 1. The van der Waals surface area contributed by atoms with E-state index in [0.717, 1.165) is 26.2 Å². The first-order valence-electron chi connectivity index (χ1n) is 7.36. The zero-order valence-electron chi connectivity index (χ0n) is 12.5. The van der Waals surface area contributed by atoms with Crippen LogP contribution >= 0.6 is 0 Å². The van der Waals surface area contributed by atoms with Crippen LogP contribution in [0.5, 0.6) is 0 Å². The number of ether oxygens (including phenoxy) is 1. The summed E-state index contributed by atoms with van der Waals surface area (Å²) in [6.07, 6.45) is 1.30. The fourth-order valence-electron chi connectivity index (χ4n) is 2.95. The second-order valence-corrected chi connectivity index (χ2v) is 5.78. The van der Waals surface area contributed by atoms with E-state index in [2.05, 4.69) is 27.1 Å². The van der Waals surface area contributed by atoms with Crippen molar-refractivity contribution in [2.45, 2.75) is 19.0 Å². The molecular weight excluding hydrogens is 272 g/mol. The molecule has 3 rings (SSSR count). The summed E-state index contributed by atoms with van der Waals surface area (Å²) in [6.45, 7) is 7.11. The van der Waals surface area contributed by atoms with E-state index in [1.165, 1.54) is 6.39 Å². The van der Waals surface area contributed by atoms with Gasteiger partial charge in [0.15, 0.2) is 12.1 Å². The molecule has 0 saturated carbocycles. The number of hydrogen-bond donors (Lipinski definition) is 1. The van der Waals surface area contributed by atoms with Gasteiger partial charge in [-0.3, -0.25) is 9.69 Å². The lowest BCUT2D eigenvalue weighted by Crippen LogP contribution is -2.56. The van der Waals surface area contributed by atoms with E-state index in [0.29, 0.717) is 24.7 Å². The van der Waals surface area contributed by atoms with Gasteiger partial charge in [0, 0.05) is 26.2 Å². The van der Waals surface area contributed by atoms with E-state index in [9.17, 15) is 4.79 Å². The van der Waals surface area contributed by atoms with E-state index in [1.807, 2.05) is 0 Å². The third-order valence-electron chi connectivity index (χ3n) is 4.33. The number of likely N-dealkylation sites (N-methyl/N-ethyl adjacent to an activating group) is 1. The predicted octanol–water partition coefficient (Wildman–Crippen LogP) is -0.272. The maximum absolute atomic E-state index is 12.2. The molecule has 0 aliphatic carbocycles. The molecule has 116 valence electrons. The molecule has 3 heterocycles. The summed E-state index contributed by atoms with van der Waals surface area (Å²) in [6, 6.07) is 0.256. The van der Waals surface area contributed by atoms with Crippen LogP contribution in [0.2, 0.25) is 0 Å². The summed E-state index contributed by atoms with van der Waals surface area (Å²) in [7, 11) is 2.13. The first kappa shape index (κ1) is 14.5. The van der Waals surface area contributed by atoms with Crippen molar-refractivity contribution in [3.8, 4) is 0 Å². The number of aryl methyl sites for hydroxylation is 1. The van der Waals surface area contributed by atoms with Crippen LogP contribution in [0.3, 0.4) is 0 Å². The average molecular weight is 294 g/mol. The number of piperazine rings is 1. The van der Waals surface area contributed by atoms with Gasteiger partial charge in [0.05, 0.1) is 25.3 Å². The van der Waals surface area contributed by atoms with E-state index >= 15 is 0 Å². The lowest BCUT2D eigenvalue weighted by Gasteiger charge is -2.38. The highest BCUT2D eigenvalue weighted by Gasteiger charge is 2.35. The number of hydrogen-bond acceptors (Lipinski definition) is 6. The van der Waals surface area contributed by atoms with Crippen molar-refractivity contribution >= 4 is 5.91 Å². The van der Waals surface area contributed by atoms with Gasteiger partial charge in [-0.1, -0.05) is 0 Å². The van der Waals surface area contributed by atoms with Crippen LogP contribution in [0.25, 0.3) is 0 Å². The number of rotatable bonds is 3. The van der Waals surface area contributed by atoms with E-state index in [1.54, 1.807) is 6.92 Å². The number of nitrogens with zero attached hydrogens (tertiary/aromatic N) is 3. The van der Waals surface area contributed by atoms with Crippen molar-refractivity contribution in [3.63, 3.8) is 0 Å². The molecule has 0 radical (unpaired) electrons. The maximum Gasteiger partial charge on any atom is 0.273 e. The summed E-state index contributed by atoms with van der Waals surface area (Å²) < 4.78 is 10.7. The van der Waals surface area contributed by atoms with Gasteiger partial charge < -0.3 is 19.4 Å². The first-order valence-corrected chi connectivity index (χ1v) is 7.36. The zero-order valence-corrected chi connectivity index (χ0v) is 12.5. The SMILES string of the molecule is Cc1ocnc1C(=O)N[C@H]1COC[C@@H]1N1CCN(C)CC1. The minimum atomic E-state index is -0.184. The molecule has 21 heavy (non-hydrogen) atoms. The Bertz CT molecular complexity index is 496. The zero-order chi connectivity index (χ0) is 14.8. The summed E-state index contributed by atoms with van der Waals surface area (Å²) in [5, 5.41) is 3.04. The van der Waals surface area contributed by atoms with Crippen molar-refractivity contribution in [3.05, 3.63) is 17.8 Å². The molecule has 7 heteroatoms. The topological polar surface area (TPSA) is 70.8 Å². The van der Waals surface area contributed by atoms with Crippen LogP contribution in [0.1, 0.15) is 16.2 Å². The number of nitrogens with one attached hydrogen (secondary N) is 1. The Hall–Kier alpha value is -1.44. The highest BCUT2D eigenvalue weighted by molar-refractivity contribution is 5.93. The first-order chi connectivity index (χ1) is 10.1. The summed E-state index contributed by atoms with van der Waals surface area (Å²) in [5.41, 5.74) is 0.360. The lowest BCUT2D eigenvalue weighted by atomic mass is 10.1. The number of oxazole rings is 1. The molecular formula is C14H22N4O3. The van der Waals surface area contributed by atoms with Gasteiger partial charge in [-0.2, -0.15) is 0 Å². The molecule has 1 aromatic rings. The van der Waals surface area contributed by atoms with Crippen LogP contribution in [-0.2, 0) is 4.74 Å². The minimum absolute atomic E-state index is 0.0111. The molecule has 1 aromatic heterocycles. The third kappa shape index (κ3) is 3.09. The molecule has 0 bridgehead atoms. The normalized spacial score (nSPS) is 27.9. The van der Waals surface area contributed by atoms with Gasteiger partial charge in [-0.25, -0.2) is 4.98 Å². The lowest BCUT2D eigenvalue weighted by molar-refractivity contribution is 0.0825. The molecule has 7 nitrogen and oxygen atoms in total. The van der Waals surface area contributed by atoms with Gasteiger partial charge in [-0.05, 0) is 14.0 Å². The molecule has 1 N–H and O–H groups in total. The quantitative estimate of drug-likeness (QED) is 0.827. The second kappa shape index (κ2) is 6.13. The van der Waals surface area contributed by atoms with Gasteiger partial charge in [-0.15, -0.1) is 0 Å². The molecule has 2 aliphatic rings. The highest BCUT2D eigenvalue weighted by atomic mass is 16.5. The second-order valence-electron chi connectivity index (χ2n) is 5.78. The van der Waals surface area contributed by atoms with Gasteiger partial charge >= 0.3 is 0 Å². The number of carbonyl (C=O) groups is 1. The Labute approximate surface area is 124 Å². The van der Waals surface area contributed by atoms with Crippen LogP contribution in [0, 0.1) is 6.92 Å². The maximum atomic E-state index is 12.2. The van der Waals surface area contributed by atoms with E-state index in [-0.39, 0.29) is 18.0 Å². The molecule has 2 fully saturated rings. The van der Waals surface area contributed by atoms with E-state index < -0.39 is 0 Å². The molecule has 0 aromatic carbocycles. The smallest absolute Gasteiger partial charge is 0.273 e. The number of aromatic nitrogens is 1. The van der Waals surface area contributed by atoms with Crippen molar-refractivity contribution in [1.29, 1.82) is 0 Å². The molecule has 1 amide bonds. The Morgan fingerprint density at radius 1 is 1.33 bits per heavy atom. The standard InChI is InChI=1S/C14H22N4O3/c1-10-13(15-9-21-10)14(19)16-11-7-20-8-12(11)18-5-3-17(2)4-6-18/h9,11-12H,3-8H2,1-2H3,(H,16,19)/t11-,12-/m0/s1. The number of amides is 1. The minimum Gasteiger partial charge on any atom is -0.448 e. The summed E-state index contributed by atoms with van der Waals surface area (Å²) in [5.74, 6) is 0.360. The van der Waals surface area contributed by atoms with Crippen molar-refractivity contribution < 1.29 is 13.9 Å².